The summed E-state index contributed by atoms with van der Waals surface area (Å²) >= 11 is 13.0. The van der Waals surface area contributed by atoms with E-state index >= 15 is 0 Å². The number of rotatable bonds is 8. The lowest BCUT2D eigenvalue weighted by molar-refractivity contribution is 0.405. The predicted molar refractivity (Wildman–Crippen MR) is 148 cm³/mol. The fraction of sp³-hybridized carbons (Fsp3) is 0.214. The molecule has 178 valence electrons. The SMILES string of the molecule is CN(C)CCCNc1nc(-c2cn(Cc3ccccc3)c3c(Cl)cccc23)nc2cc(Cl)ccc12. The molecule has 0 unspecified atom stereocenters. The Balaban J connectivity index is 1.62. The number of hydrogen-bond donors (Lipinski definition) is 1. The number of hydrogen-bond acceptors (Lipinski definition) is 4. The van der Waals surface area contributed by atoms with Gasteiger partial charge in [-0.05, 0) is 56.9 Å². The van der Waals surface area contributed by atoms with Gasteiger partial charge in [-0.15, -0.1) is 0 Å². The molecule has 0 bridgehead atoms. The Morgan fingerprint density at radius 3 is 2.54 bits per heavy atom. The van der Waals surface area contributed by atoms with Gasteiger partial charge in [0.2, 0.25) is 0 Å². The third kappa shape index (κ3) is 5.13. The van der Waals surface area contributed by atoms with Crippen molar-refractivity contribution in [2.75, 3.05) is 32.5 Å². The van der Waals surface area contributed by atoms with E-state index < -0.39 is 0 Å². The van der Waals surface area contributed by atoms with Crippen molar-refractivity contribution in [2.24, 2.45) is 0 Å². The molecule has 3 aromatic carbocycles. The van der Waals surface area contributed by atoms with Crippen LogP contribution in [0.3, 0.4) is 0 Å². The van der Waals surface area contributed by atoms with E-state index in [-0.39, 0.29) is 0 Å². The van der Waals surface area contributed by atoms with E-state index in [0.717, 1.165) is 52.7 Å². The van der Waals surface area contributed by atoms with Gasteiger partial charge in [-0.2, -0.15) is 0 Å². The lowest BCUT2D eigenvalue weighted by Gasteiger charge is -2.13. The largest absolute Gasteiger partial charge is 0.369 e. The first-order valence-electron chi connectivity index (χ1n) is 11.7. The summed E-state index contributed by atoms with van der Waals surface area (Å²) in [6.45, 7) is 2.52. The molecule has 5 rings (SSSR count). The van der Waals surface area contributed by atoms with Crippen LogP contribution >= 0.6 is 23.2 Å². The first-order chi connectivity index (χ1) is 17.0. The second kappa shape index (κ2) is 10.2. The van der Waals surface area contributed by atoms with E-state index in [9.17, 15) is 0 Å². The Morgan fingerprint density at radius 2 is 1.74 bits per heavy atom. The molecule has 0 saturated heterocycles. The Labute approximate surface area is 215 Å². The van der Waals surface area contributed by atoms with Crippen LogP contribution in [0.4, 0.5) is 5.82 Å². The van der Waals surface area contributed by atoms with Gasteiger partial charge < -0.3 is 14.8 Å². The van der Waals surface area contributed by atoms with E-state index in [4.69, 9.17) is 33.2 Å². The zero-order chi connectivity index (χ0) is 24.4. The molecular weight excluding hydrogens is 477 g/mol. The summed E-state index contributed by atoms with van der Waals surface area (Å²) in [4.78, 5) is 12.1. The maximum Gasteiger partial charge on any atom is 0.164 e. The van der Waals surface area contributed by atoms with Crippen molar-refractivity contribution in [1.82, 2.24) is 19.4 Å². The Kier molecular flexibility index (Phi) is 6.91. The van der Waals surface area contributed by atoms with Crippen molar-refractivity contribution < 1.29 is 0 Å². The maximum atomic E-state index is 6.69. The second-order valence-electron chi connectivity index (χ2n) is 8.93. The topological polar surface area (TPSA) is 46.0 Å². The average Bonchev–Trinajstić information content (AvgIpc) is 3.21. The maximum absolute atomic E-state index is 6.69. The van der Waals surface area contributed by atoms with Crippen LogP contribution in [0, 0.1) is 0 Å². The summed E-state index contributed by atoms with van der Waals surface area (Å²) in [5.74, 6) is 1.46. The Morgan fingerprint density at radius 1 is 0.914 bits per heavy atom. The highest BCUT2D eigenvalue weighted by molar-refractivity contribution is 6.35. The molecule has 0 radical (unpaired) electrons. The van der Waals surface area contributed by atoms with Crippen LogP contribution in [0.25, 0.3) is 33.2 Å². The molecule has 0 amide bonds. The monoisotopic (exact) mass is 503 g/mol. The summed E-state index contributed by atoms with van der Waals surface area (Å²) in [5.41, 5.74) is 3.92. The lowest BCUT2D eigenvalue weighted by atomic mass is 10.1. The minimum absolute atomic E-state index is 0.647. The molecule has 0 saturated carbocycles. The fourth-order valence-electron chi connectivity index (χ4n) is 4.36. The number of fused-ring (bicyclic) bond motifs is 2. The molecule has 0 aliphatic rings. The van der Waals surface area contributed by atoms with E-state index in [1.807, 2.05) is 48.5 Å². The number of benzene rings is 3. The minimum atomic E-state index is 0.647. The third-order valence-electron chi connectivity index (χ3n) is 6.02. The molecule has 35 heavy (non-hydrogen) atoms. The third-order valence-corrected chi connectivity index (χ3v) is 6.56. The van der Waals surface area contributed by atoms with Crippen molar-refractivity contribution in [3.05, 3.63) is 88.5 Å². The second-order valence-corrected chi connectivity index (χ2v) is 9.78. The molecule has 2 heterocycles. The molecular formula is C28H27Cl2N5. The molecule has 1 N–H and O–H groups in total. The van der Waals surface area contributed by atoms with Crippen molar-refractivity contribution in [1.29, 1.82) is 0 Å². The molecule has 0 fully saturated rings. The number of aromatic nitrogens is 3. The predicted octanol–water partition coefficient (Wildman–Crippen LogP) is 6.97. The smallest absolute Gasteiger partial charge is 0.164 e. The van der Waals surface area contributed by atoms with Gasteiger partial charge in [0, 0.05) is 40.6 Å². The summed E-state index contributed by atoms with van der Waals surface area (Å²) in [6.07, 6.45) is 3.11. The molecule has 5 aromatic rings. The first kappa shape index (κ1) is 23.6. The van der Waals surface area contributed by atoms with E-state index in [2.05, 4.69) is 53.3 Å². The number of para-hydroxylation sites is 1. The highest BCUT2D eigenvalue weighted by Crippen LogP contribution is 2.35. The van der Waals surface area contributed by atoms with Crippen LogP contribution in [0.2, 0.25) is 10.0 Å². The molecule has 0 aliphatic heterocycles. The first-order valence-corrected chi connectivity index (χ1v) is 12.4. The van der Waals surface area contributed by atoms with Gasteiger partial charge in [0.25, 0.3) is 0 Å². The van der Waals surface area contributed by atoms with Gasteiger partial charge in [-0.3, -0.25) is 0 Å². The number of nitrogens with one attached hydrogen (secondary N) is 1. The molecule has 2 aromatic heterocycles. The van der Waals surface area contributed by atoms with Gasteiger partial charge in [-0.25, -0.2) is 9.97 Å². The molecule has 0 aliphatic carbocycles. The summed E-state index contributed by atoms with van der Waals surface area (Å²) < 4.78 is 2.18. The summed E-state index contributed by atoms with van der Waals surface area (Å²) in [6, 6.07) is 22.1. The van der Waals surface area contributed by atoms with E-state index in [1.54, 1.807) is 0 Å². The quantitative estimate of drug-likeness (QED) is 0.232. The standard InChI is InChI=1S/C28H27Cl2N5/c1-34(2)15-7-14-31-27-22-13-12-20(29)16-25(22)32-28(33-27)23-18-35(17-19-8-4-3-5-9-19)26-21(23)10-6-11-24(26)30/h3-6,8-13,16,18H,7,14-15,17H2,1-2H3,(H,31,32,33). The van der Waals surface area contributed by atoms with Gasteiger partial charge in [0.1, 0.15) is 5.82 Å². The summed E-state index contributed by atoms with van der Waals surface area (Å²) in [7, 11) is 4.16. The minimum Gasteiger partial charge on any atom is -0.369 e. The van der Waals surface area contributed by atoms with Gasteiger partial charge in [-0.1, -0.05) is 65.7 Å². The van der Waals surface area contributed by atoms with Crippen LogP contribution in [-0.4, -0.2) is 46.6 Å². The highest BCUT2D eigenvalue weighted by Gasteiger charge is 2.17. The Bertz CT molecular complexity index is 1480. The Hall–Kier alpha value is -3.12. The van der Waals surface area contributed by atoms with Crippen LogP contribution in [0.5, 0.6) is 0 Å². The zero-order valence-corrected chi connectivity index (χ0v) is 21.3. The normalized spacial score (nSPS) is 11.6. The summed E-state index contributed by atoms with van der Waals surface area (Å²) in [5, 5.41) is 6.85. The fourth-order valence-corrected chi connectivity index (χ4v) is 4.81. The molecule has 0 atom stereocenters. The van der Waals surface area contributed by atoms with E-state index in [0.29, 0.717) is 22.4 Å². The van der Waals surface area contributed by atoms with Crippen molar-refractivity contribution in [3.8, 4) is 11.4 Å². The highest BCUT2D eigenvalue weighted by atomic mass is 35.5. The van der Waals surface area contributed by atoms with Crippen LogP contribution in [0.15, 0.2) is 72.9 Å². The van der Waals surface area contributed by atoms with Gasteiger partial charge in [0.05, 0.1) is 16.1 Å². The van der Waals surface area contributed by atoms with Gasteiger partial charge in [0.15, 0.2) is 5.82 Å². The molecule has 5 nitrogen and oxygen atoms in total. The lowest BCUT2D eigenvalue weighted by Crippen LogP contribution is -2.16. The van der Waals surface area contributed by atoms with Gasteiger partial charge >= 0.3 is 0 Å². The number of nitrogens with zero attached hydrogens (tertiary/aromatic N) is 4. The molecule has 7 heteroatoms. The van der Waals surface area contributed by atoms with E-state index in [1.165, 1.54) is 5.56 Å². The van der Waals surface area contributed by atoms with Crippen molar-refractivity contribution in [2.45, 2.75) is 13.0 Å². The van der Waals surface area contributed by atoms with Crippen LogP contribution in [0.1, 0.15) is 12.0 Å². The zero-order valence-electron chi connectivity index (χ0n) is 19.8. The average molecular weight is 504 g/mol. The number of anilines is 1. The number of halogens is 2. The van der Waals surface area contributed by atoms with Crippen molar-refractivity contribution >= 4 is 50.8 Å². The molecule has 0 spiro atoms. The van der Waals surface area contributed by atoms with Crippen LogP contribution < -0.4 is 5.32 Å². The van der Waals surface area contributed by atoms with Crippen LogP contribution in [-0.2, 0) is 6.54 Å². The van der Waals surface area contributed by atoms with Crippen molar-refractivity contribution in [3.63, 3.8) is 0 Å².